The van der Waals surface area contributed by atoms with Gasteiger partial charge in [-0.2, -0.15) is 0 Å². The first-order chi connectivity index (χ1) is 8.04. The standard InChI is InChI=1S/C12H23N3O2.ClH/c1-3-12(4-2,11(13)17)15-10(16)8-14-7-9-5-6-9;/h9,14H,3-8H2,1-2H3,(H2,13,17)(H,15,16);1H. The second-order valence-electron chi connectivity index (χ2n) is 4.78. The minimum atomic E-state index is -0.891. The summed E-state index contributed by atoms with van der Waals surface area (Å²) < 4.78 is 0. The molecular formula is C12H24ClN3O2. The average molecular weight is 278 g/mol. The third kappa shape index (κ3) is 4.82. The van der Waals surface area contributed by atoms with Crippen molar-refractivity contribution in [1.82, 2.24) is 10.6 Å². The molecule has 0 heterocycles. The number of rotatable bonds is 8. The number of primary amides is 1. The molecule has 1 fully saturated rings. The maximum Gasteiger partial charge on any atom is 0.243 e. The molecule has 0 unspecified atom stereocenters. The van der Waals surface area contributed by atoms with Gasteiger partial charge in [-0.3, -0.25) is 9.59 Å². The van der Waals surface area contributed by atoms with Gasteiger partial charge < -0.3 is 16.4 Å². The van der Waals surface area contributed by atoms with Crippen LogP contribution in [0.2, 0.25) is 0 Å². The highest BCUT2D eigenvalue weighted by molar-refractivity contribution is 5.90. The number of nitrogens with one attached hydrogen (secondary N) is 2. The Morgan fingerprint density at radius 3 is 2.22 bits per heavy atom. The molecule has 0 aromatic heterocycles. The second kappa shape index (κ2) is 7.59. The van der Waals surface area contributed by atoms with Crippen LogP contribution in [0.1, 0.15) is 39.5 Å². The quantitative estimate of drug-likeness (QED) is 0.606. The van der Waals surface area contributed by atoms with Gasteiger partial charge in [-0.1, -0.05) is 13.8 Å². The number of hydrogen-bond donors (Lipinski definition) is 3. The molecule has 1 saturated carbocycles. The number of carbonyl (C=O) groups is 2. The summed E-state index contributed by atoms with van der Waals surface area (Å²) in [7, 11) is 0. The molecule has 4 N–H and O–H groups in total. The molecule has 5 nitrogen and oxygen atoms in total. The van der Waals surface area contributed by atoms with E-state index in [4.69, 9.17) is 5.73 Å². The Hall–Kier alpha value is -0.810. The summed E-state index contributed by atoms with van der Waals surface area (Å²) in [6.07, 6.45) is 3.55. The van der Waals surface area contributed by atoms with E-state index in [9.17, 15) is 9.59 Å². The van der Waals surface area contributed by atoms with Crippen LogP contribution in [0.25, 0.3) is 0 Å². The van der Waals surface area contributed by atoms with Crippen LogP contribution in [0.15, 0.2) is 0 Å². The molecule has 18 heavy (non-hydrogen) atoms. The van der Waals surface area contributed by atoms with Crippen molar-refractivity contribution in [1.29, 1.82) is 0 Å². The van der Waals surface area contributed by atoms with Crippen molar-refractivity contribution < 1.29 is 9.59 Å². The molecular weight excluding hydrogens is 254 g/mol. The van der Waals surface area contributed by atoms with Crippen LogP contribution in [0.5, 0.6) is 0 Å². The lowest BCUT2D eigenvalue weighted by Gasteiger charge is -2.29. The Labute approximate surface area is 115 Å². The van der Waals surface area contributed by atoms with Gasteiger partial charge in [-0.05, 0) is 38.1 Å². The largest absolute Gasteiger partial charge is 0.368 e. The smallest absolute Gasteiger partial charge is 0.243 e. The SMILES string of the molecule is CCC(CC)(NC(=O)CNCC1CC1)C(N)=O.Cl. The zero-order valence-corrected chi connectivity index (χ0v) is 11.9. The fraction of sp³-hybridized carbons (Fsp3) is 0.833. The van der Waals surface area contributed by atoms with E-state index >= 15 is 0 Å². The van der Waals surface area contributed by atoms with Crippen molar-refractivity contribution in [2.24, 2.45) is 11.7 Å². The lowest BCUT2D eigenvalue weighted by atomic mass is 9.92. The average Bonchev–Trinajstić information content (AvgIpc) is 3.09. The zero-order chi connectivity index (χ0) is 12.9. The van der Waals surface area contributed by atoms with Gasteiger partial charge in [0.15, 0.2) is 0 Å². The van der Waals surface area contributed by atoms with Gasteiger partial charge >= 0.3 is 0 Å². The monoisotopic (exact) mass is 277 g/mol. The van der Waals surface area contributed by atoms with Crippen molar-refractivity contribution in [3.63, 3.8) is 0 Å². The Bertz CT molecular complexity index is 289. The minimum Gasteiger partial charge on any atom is -0.368 e. The lowest BCUT2D eigenvalue weighted by molar-refractivity contribution is -0.131. The Balaban J connectivity index is 0.00000289. The van der Waals surface area contributed by atoms with Crippen LogP contribution in [0, 0.1) is 5.92 Å². The number of hydrogen-bond acceptors (Lipinski definition) is 3. The van der Waals surface area contributed by atoms with E-state index in [1.807, 2.05) is 13.8 Å². The van der Waals surface area contributed by atoms with E-state index in [1.165, 1.54) is 12.8 Å². The normalized spacial score (nSPS) is 14.8. The van der Waals surface area contributed by atoms with Crippen LogP contribution in [-0.2, 0) is 9.59 Å². The van der Waals surface area contributed by atoms with E-state index in [0.29, 0.717) is 12.8 Å². The summed E-state index contributed by atoms with van der Waals surface area (Å²) in [5, 5.41) is 5.84. The fourth-order valence-corrected chi connectivity index (χ4v) is 1.86. The summed E-state index contributed by atoms with van der Waals surface area (Å²) in [6.45, 7) is 4.85. The van der Waals surface area contributed by atoms with Crippen molar-refractivity contribution in [3.05, 3.63) is 0 Å². The molecule has 0 radical (unpaired) electrons. The van der Waals surface area contributed by atoms with E-state index in [1.54, 1.807) is 0 Å². The topological polar surface area (TPSA) is 84.2 Å². The molecule has 1 rings (SSSR count). The van der Waals surface area contributed by atoms with Gasteiger partial charge in [0.1, 0.15) is 5.54 Å². The van der Waals surface area contributed by atoms with Crippen LogP contribution in [0.3, 0.4) is 0 Å². The van der Waals surface area contributed by atoms with Crippen molar-refractivity contribution in [2.75, 3.05) is 13.1 Å². The number of amides is 2. The van der Waals surface area contributed by atoms with Crippen LogP contribution in [0.4, 0.5) is 0 Å². The zero-order valence-electron chi connectivity index (χ0n) is 11.1. The summed E-state index contributed by atoms with van der Waals surface area (Å²) in [5.41, 5.74) is 4.46. The van der Waals surface area contributed by atoms with Gasteiger partial charge in [-0.25, -0.2) is 0 Å². The summed E-state index contributed by atoms with van der Waals surface area (Å²) in [5.74, 6) is 0.118. The van der Waals surface area contributed by atoms with E-state index in [2.05, 4.69) is 10.6 Å². The predicted molar refractivity (Wildman–Crippen MR) is 73.5 cm³/mol. The Morgan fingerprint density at radius 1 is 1.28 bits per heavy atom. The molecule has 106 valence electrons. The second-order valence-corrected chi connectivity index (χ2v) is 4.78. The molecule has 1 aliphatic carbocycles. The van der Waals surface area contributed by atoms with Gasteiger partial charge in [0, 0.05) is 0 Å². The first-order valence-corrected chi connectivity index (χ1v) is 6.35. The summed E-state index contributed by atoms with van der Waals surface area (Å²) in [4.78, 5) is 23.1. The first-order valence-electron chi connectivity index (χ1n) is 6.35. The molecule has 0 aromatic carbocycles. The number of carbonyl (C=O) groups excluding carboxylic acids is 2. The molecule has 2 amide bonds. The highest BCUT2D eigenvalue weighted by Crippen LogP contribution is 2.27. The van der Waals surface area contributed by atoms with E-state index in [0.717, 1.165) is 12.5 Å². The van der Waals surface area contributed by atoms with Crippen LogP contribution < -0.4 is 16.4 Å². The summed E-state index contributed by atoms with van der Waals surface area (Å²) in [6, 6.07) is 0. The highest BCUT2D eigenvalue weighted by atomic mass is 35.5. The van der Waals surface area contributed by atoms with Crippen molar-refractivity contribution >= 4 is 24.2 Å². The molecule has 0 aliphatic heterocycles. The molecule has 6 heteroatoms. The van der Waals surface area contributed by atoms with E-state index in [-0.39, 0.29) is 24.9 Å². The van der Waals surface area contributed by atoms with Crippen LogP contribution >= 0.6 is 12.4 Å². The summed E-state index contributed by atoms with van der Waals surface area (Å²) >= 11 is 0. The molecule has 0 aromatic rings. The molecule has 1 aliphatic rings. The van der Waals surface area contributed by atoms with Crippen molar-refractivity contribution in [2.45, 2.75) is 45.1 Å². The predicted octanol–water partition coefficient (Wildman–Crippen LogP) is 0.568. The third-order valence-corrected chi connectivity index (χ3v) is 3.47. The Kier molecular flexibility index (Phi) is 7.25. The molecule has 0 saturated heterocycles. The minimum absolute atomic E-state index is 0. The van der Waals surface area contributed by atoms with Gasteiger partial charge in [0.2, 0.25) is 11.8 Å². The van der Waals surface area contributed by atoms with Gasteiger partial charge in [0.25, 0.3) is 0 Å². The maximum absolute atomic E-state index is 11.7. The number of nitrogens with two attached hydrogens (primary N) is 1. The highest BCUT2D eigenvalue weighted by Gasteiger charge is 2.34. The van der Waals surface area contributed by atoms with Crippen LogP contribution in [-0.4, -0.2) is 30.4 Å². The molecule has 0 spiro atoms. The Morgan fingerprint density at radius 2 is 1.83 bits per heavy atom. The fourth-order valence-electron chi connectivity index (χ4n) is 1.86. The number of halogens is 1. The molecule has 0 bridgehead atoms. The third-order valence-electron chi connectivity index (χ3n) is 3.47. The maximum atomic E-state index is 11.7. The van der Waals surface area contributed by atoms with Gasteiger partial charge in [-0.15, -0.1) is 12.4 Å². The van der Waals surface area contributed by atoms with Crippen molar-refractivity contribution in [3.8, 4) is 0 Å². The van der Waals surface area contributed by atoms with Gasteiger partial charge in [0.05, 0.1) is 6.54 Å². The molecule has 0 atom stereocenters. The first kappa shape index (κ1) is 17.2. The van der Waals surface area contributed by atoms with E-state index < -0.39 is 11.4 Å². The lowest BCUT2D eigenvalue weighted by Crippen LogP contribution is -2.58.